The number of anilines is 2. The van der Waals surface area contributed by atoms with E-state index in [1.165, 1.54) is 19.1 Å². The van der Waals surface area contributed by atoms with Gasteiger partial charge in [0.25, 0.3) is 11.8 Å². The number of hydrogen-bond acceptors (Lipinski definition) is 8. The van der Waals surface area contributed by atoms with E-state index >= 15 is 0 Å². The molecule has 0 bridgehead atoms. The molecule has 3 aromatic heterocycles. The van der Waals surface area contributed by atoms with Crippen LogP contribution in [0.2, 0.25) is 0 Å². The predicted molar refractivity (Wildman–Crippen MR) is 134 cm³/mol. The van der Waals surface area contributed by atoms with E-state index in [-0.39, 0.29) is 23.1 Å². The first-order valence-corrected chi connectivity index (χ1v) is 13.2. The van der Waals surface area contributed by atoms with Crippen LogP contribution in [0.3, 0.4) is 0 Å². The molecule has 0 atom stereocenters. The number of nitrogens with zero attached hydrogens (tertiary/aromatic N) is 4. The van der Waals surface area contributed by atoms with Crippen LogP contribution in [0.5, 0.6) is 0 Å². The molecule has 0 aromatic carbocycles. The van der Waals surface area contributed by atoms with E-state index < -0.39 is 11.8 Å². The van der Waals surface area contributed by atoms with E-state index in [1.54, 1.807) is 23.1 Å². The second-order valence-electron chi connectivity index (χ2n) is 9.15. The zero-order chi connectivity index (χ0) is 24.4. The van der Waals surface area contributed by atoms with Gasteiger partial charge in [-0.25, -0.2) is 9.97 Å². The molecular formula is C24H29N7O3S. The largest absolute Gasteiger partial charge is 0.444 e. The minimum absolute atomic E-state index is 0.0366. The number of thioether (sulfide) groups is 1. The summed E-state index contributed by atoms with van der Waals surface area (Å²) in [5, 5.41) is 11.1. The lowest BCUT2D eigenvalue weighted by Gasteiger charge is -2.27. The molecule has 10 nitrogen and oxygen atoms in total. The monoisotopic (exact) mass is 495 g/mol. The number of rotatable bonds is 9. The van der Waals surface area contributed by atoms with Gasteiger partial charge < -0.3 is 20.8 Å². The van der Waals surface area contributed by atoms with Gasteiger partial charge in [-0.05, 0) is 62.8 Å². The molecule has 3 heterocycles. The molecule has 2 amide bonds. The molecule has 0 spiro atoms. The molecule has 2 saturated carbocycles. The van der Waals surface area contributed by atoms with Crippen molar-refractivity contribution in [3.8, 4) is 11.5 Å². The summed E-state index contributed by atoms with van der Waals surface area (Å²) in [5.74, 6) is 0.569. The number of nitrogens with two attached hydrogens (primary N) is 1. The van der Waals surface area contributed by atoms with Crippen LogP contribution in [-0.4, -0.2) is 49.6 Å². The first kappa shape index (κ1) is 23.4. The van der Waals surface area contributed by atoms with E-state index in [1.807, 2.05) is 17.8 Å². The van der Waals surface area contributed by atoms with Crippen LogP contribution in [0.4, 0.5) is 11.5 Å². The molecule has 2 fully saturated rings. The number of hydrogen-bond donors (Lipinski definition) is 3. The van der Waals surface area contributed by atoms with E-state index in [0.717, 1.165) is 44.0 Å². The lowest BCUT2D eigenvalue weighted by molar-refractivity contribution is 0.0995. The number of amides is 2. The van der Waals surface area contributed by atoms with Crippen LogP contribution >= 0.6 is 11.8 Å². The Hall–Kier alpha value is -3.34. The molecule has 11 heteroatoms. The van der Waals surface area contributed by atoms with Crippen LogP contribution in [0.1, 0.15) is 65.5 Å². The molecule has 5 rings (SSSR count). The summed E-state index contributed by atoms with van der Waals surface area (Å²) in [6, 6.07) is 3.79. The van der Waals surface area contributed by atoms with E-state index in [4.69, 9.17) is 10.2 Å². The number of aromatic nitrogens is 4. The highest BCUT2D eigenvalue weighted by atomic mass is 32.2. The molecule has 184 valence electrons. The van der Waals surface area contributed by atoms with Crippen LogP contribution in [0, 0.1) is 5.92 Å². The second-order valence-corrected chi connectivity index (χ2v) is 10.3. The van der Waals surface area contributed by atoms with Crippen molar-refractivity contribution >= 4 is 35.1 Å². The van der Waals surface area contributed by atoms with Crippen LogP contribution < -0.4 is 16.4 Å². The highest BCUT2D eigenvalue weighted by Gasteiger charge is 2.26. The maximum Gasteiger partial charge on any atom is 0.277 e. The molecule has 3 aromatic rings. The standard InChI is InChI=1S/C24H29N7O3S/c1-35-17-6-4-16(5-7-17)31-12-18(21(30-31)22(25)32)28-23(33)19-13-34-24(29-19)15-8-9-26-20(10-15)27-11-14-2-3-14/h8-10,12-14,16-17H,2-7,11H2,1H3,(H2,25,32)(H,26,27)(H,28,33). The fraction of sp³-hybridized carbons (Fsp3) is 0.458. The third kappa shape index (κ3) is 5.50. The fourth-order valence-electron chi connectivity index (χ4n) is 4.33. The van der Waals surface area contributed by atoms with Gasteiger partial charge in [0, 0.05) is 29.8 Å². The van der Waals surface area contributed by atoms with Crippen molar-refractivity contribution in [3.05, 3.63) is 42.2 Å². The lowest BCUT2D eigenvalue weighted by Crippen LogP contribution is -2.21. The normalized spacial score (nSPS) is 19.9. The van der Waals surface area contributed by atoms with Gasteiger partial charge in [0.1, 0.15) is 12.1 Å². The number of pyridine rings is 1. The number of carbonyl (C=O) groups excluding carboxylic acids is 2. The van der Waals surface area contributed by atoms with Crippen molar-refractivity contribution in [2.75, 3.05) is 23.4 Å². The summed E-state index contributed by atoms with van der Waals surface area (Å²) >= 11 is 1.89. The molecule has 0 aliphatic heterocycles. The number of carbonyl (C=O) groups is 2. The van der Waals surface area contributed by atoms with Gasteiger partial charge in [0.05, 0.1) is 11.7 Å². The van der Waals surface area contributed by atoms with Crippen LogP contribution in [-0.2, 0) is 0 Å². The summed E-state index contributed by atoms with van der Waals surface area (Å²) in [5.41, 5.74) is 6.65. The molecular weight excluding hydrogens is 466 g/mol. The highest BCUT2D eigenvalue weighted by Crippen LogP contribution is 2.34. The minimum atomic E-state index is -0.694. The van der Waals surface area contributed by atoms with Gasteiger partial charge in [-0.3, -0.25) is 14.3 Å². The molecule has 2 aliphatic rings. The van der Waals surface area contributed by atoms with Crippen molar-refractivity contribution < 1.29 is 14.0 Å². The zero-order valence-corrected chi connectivity index (χ0v) is 20.4. The van der Waals surface area contributed by atoms with Crippen molar-refractivity contribution in [3.63, 3.8) is 0 Å². The quantitative estimate of drug-likeness (QED) is 0.405. The Kier molecular flexibility index (Phi) is 6.76. The van der Waals surface area contributed by atoms with Crippen molar-refractivity contribution in [2.24, 2.45) is 11.7 Å². The SMILES string of the molecule is CSC1CCC(n2cc(NC(=O)c3coc(-c4ccnc(NCC5CC5)c4)n3)c(C(N)=O)n2)CC1. The zero-order valence-electron chi connectivity index (χ0n) is 19.6. The summed E-state index contributed by atoms with van der Waals surface area (Å²) in [6.45, 7) is 0.893. The van der Waals surface area contributed by atoms with Gasteiger partial charge in [-0.1, -0.05) is 0 Å². The van der Waals surface area contributed by atoms with Gasteiger partial charge in [0.2, 0.25) is 5.89 Å². The predicted octanol–water partition coefficient (Wildman–Crippen LogP) is 3.95. The average molecular weight is 496 g/mol. The van der Waals surface area contributed by atoms with Gasteiger partial charge >= 0.3 is 0 Å². The first-order chi connectivity index (χ1) is 17.0. The molecule has 4 N–H and O–H groups in total. The molecule has 0 unspecified atom stereocenters. The third-order valence-corrected chi connectivity index (χ3v) is 7.72. The van der Waals surface area contributed by atoms with Crippen molar-refractivity contribution in [1.29, 1.82) is 0 Å². The number of oxazole rings is 1. The minimum Gasteiger partial charge on any atom is -0.444 e. The maximum absolute atomic E-state index is 12.9. The average Bonchev–Trinajstić information content (AvgIpc) is 3.39. The Bertz CT molecular complexity index is 1210. The topological polar surface area (TPSA) is 141 Å². The number of primary amides is 1. The Labute approximate surface area is 207 Å². The Balaban J connectivity index is 1.28. The third-order valence-electron chi connectivity index (χ3n) is 6.58. The van der Waals surface area contributed by atoms with Crippen molar-refractivity contribution in [2.45, 2.75) is 49.8 Å². The summed E-state index contributed by atoms with van der Waals surface area (Å²) in [4.78, 5) is 33.6. The van der Waals surface area contributed by atoms with E-state index in [0.29, 0.717) is 16.7 Å². The maximum atomic E-state index is 12.9. The highest BCUT2D eigenvalue weighted by molar-refractivity contribution is 7.99. The Morgan fingerprint density at radius 1 is 1.23 bits per heavy atom. The molecule has 0 saturated heterocycles. The summed E-state index contributed by atoms with van der Waals surface area (Å²) < 4.78 is 7.32. The smallest absolute Gasteiger partial charge is 0.277 e. The summed E-state index contributed by atoms with van der Waals surface area (Å²) in [7, 11) is 0. The second kappa shape index (κ2) is 10.1. The van der Waals surface area contributed by atoms with Gasteiger partial charge in [-0.15, -0.1) is 0 Å². The molecule has 2 aliphatic carbocycles. The first-order valence-electron chi connectivity index (χ1n) is 11.9. The van der Waals surface area contributed by atoms with E-state index in [2.05, 4.69) is 32.0 Å². The van der Waals surface area contributed by atoms with Crippen LogP contribution in [0.25, 0.3) is 11.5 Å². The van der Waals surface area contributed by atoms with Crippen molar-refractivity contribution in [1.82, 2.24) is 19.7 Å². The van der Waals surface area contributed by atoms with Crippen LogP contribution in [0.15, 0.2) is 35.2 Å². The lowest BCUT2D eigenvalue weighted by atomic mass is 9.95. The van der Waals surface area contributed by atoms with E-state index in [9.17, 15) is 9.59 Å². The Morgan fingerprint density at radius 2 is 2.03 bits per heavy atom. The van der Waals surface area contributed by atoms with Gasteiger partial charge in [0.15, 0.2) is 11.4 Å². The van der Waals surface area contributed by atoms with Gasteiger partial charge in [-0.2, -0.15) is 16.9 Å². The fourth-order valence-corrected chi connectivity index (χ4v) is 5.07. The summed E-state index contributed by atoms with van der Waals surface area (Å²) in [6.07, 6.45) is 13.4. The molecule has 35 heavy (non-hydrogen) atoms. The number of nitrogens with one attached hydrogen (secondary N) is 2. The Morgan fingerprint density at radius 3 is 2.74 bits per heavy atom. The molecule has 0 radical (unpaired) electrons.